The second kappa shape index (κ2) is 6.93. The summed E-state index contributed by atoms with van der Waals surface area (Å²) in [4.78, 5) is 18.7. The zero-order valence-electron chi connectivity index (χ0n) is 16.6. The fourth-order valence-electron chi connectivity index (χ4n) is 4.38. The van der Waals surface area contributed by atoms with Crippen LogP contribution in [0.2, 0.25) is 0 Å². The number of oxazole rings is 1. The van der Waals surface area contributed by atoms with E-state index in [9.17, 15) is 0 Å². The molecule has 3 aromatic heterocycles. The van der Waals surface area contributed by atoms with Gasteiger partial charge in [0.2, 0.25) is 0 Å². The summed E-state index contributed by atoms with van der Waals surface area (Å²) in [5, 5.41) is 3.42. The monoisotopic (exact) mass is 401 g/mol. The van der Waals surface area contributed by atoms with E-state index in [1.165, 1.54) is 0 Å². The molecule has 1 aromatic carbocycles. The second-order valence-corrected chi connectivity index (χ2v) is 8.01. The number of nitrogens with two attached hydrogens (primary N) is 1. The van der Waals surface area contributed by atoms with Gasteiger partial charge in [0.05, 0.1) is 11.0 Å². The number of hydrogen-bond donors (Lipinski definition) is 2. The maximum absolute atomic E-state index is 5.66. The average molecular weight is 401 g/mol. The van der Waals surface area contributed by atoms with Gasteiger partial charge in [-0.1, -0.05) is 6.07 Å². The first kappa shape index (κ1) is 17.6. The van der Waals surface area contributed by atoms with E-state index in [4.69, 9.17) is 15.1 Å². The lowest BCUT2D eigenvalue weighted by atomic mass is 10.1. The van der Waals surface area contributed by atoms with Gasteiger partial charge in [-0.3, -0.25) is 9.88 Å². The predicted molar refractivity (Wildman–Crippen MR) is 117 cm³/mol. The molecule has 0 amide bonds. The fraction of sp³-hybridized carbons (Fsp3) is 0.318. The topological polar surface area (TPSA) is 96.3 Å². The van der Waals surface area contributed by atoms with Crippen molar-refractivity contribution >= 4 is 34.0 Å². The number of nitrogens with one attached hydrogen (secondary N) is 1. The van der Waals surface area contributed by atoms with Gasteiger partial charge in [-0.2, -0.15) is 4.98 Å². The van der Waals surface area contributed by atoms with Crippen LogP contribution in [0.5, 0.6) is 0 Å². The maximum Gasteiger partial charge on any atom is 0.292 e. The Kier molecular flexibility index (Phi) is 4.07. The Bertz CT molecular complexity index is 1220. The number of pyridine rings is 2. The zero-order valence-corrected chi connectivity index (χ0v) is 16.6. The normalized spacial score (nSPS) is 18.2. The summed E-state index contributed by atoms with van der Waals surface area (Å²) in [5.41, 5.74) is 10.9. The molecule has 5 heterocycles. The third-order valence-electron chi connectivity index (χ3n) is 6.11. The first-order valence-corrected chi connectivity index (χ1v) is 10.4. The molecule has 152 valence electrons. The molecule has 0 saturated carbocycles. The van der Waals surface area contributed by atoms with Crippen LogP contribution in [-0.2, 0) is 0 Å². The van der Waals surface area contributed by atoms with E-state index in [0.717, 1.165) is 72.8 Å². The minimum Gasteiger partial charge on any atom is -0.424 e. The van der Waals surface area contributed by atoms with E-state index in [-0.39, 0.29) is 6.01 Å². The number of nitrogens with zero attached hydrogens (tertiary/aromatic N) is 5. The number of piperazine rings is 1. The average Bonchev–Trinajstić information content (AvgIpc) is 3.12. The Balaban J connectivity index is 1.26. The number of aromatic nitrogens is 3. The molecular formula is C22H23N7O. The van der Waals surface area contributed by atoms with Gasteiger partial charge in [0.25, 0.3) is 6.01 Å². The first-order chi connectivity index (χ1) is 14.7. The van der Waals surface area contributed by atoms with E-state index in [1.54, 1.807) is 0 Å². The van der Waals surface area contributed by atoms with Crippen LogP contribution in [0, 0.1) is 0 Å². The fourth-order valence-corrected chi connectivity index (χ4v) is 4.38. The Morgan fingerprint density at radius 3 is 2.63 bits per heavy atom. The molecule has 0 aliphatic carbocycles. The highest BCUT2D eigenvalue weighted by molar-refractivity contribution is 5.85. The van der Waals surface area contributed by atoms with E-state index in [2.05, 4.69) is 43.3 Å². The Labute approximate surface area is 173 Å². The van der Waals surface area contributed by atoms with Crippen LogP contribution in [-0.4, -0.2) is 65.2 Å². The number of hydrogen-bond acceptors (Lipinski definition) is 8. The summed E-state index contributed by atoms with van der Waals surface area (Å²) >= 11 is 0. The molecule has 0 unspecified atom stereocenters. The minimum atomic E-state index is 0.179. The van der Waals surface area contributed by atoms with E-state index in [0.29, 0.717) is 11.6 Å². The summed E-state index contributed by atoms with van der Waals surface area (Å²) < 4.78 is 5.37. The van der Waals surface area contributed by atoms with Crippen molar-refractivity contribution in [3.05, 3.63) is 42.6 Å². The molecule has 2 aliphatic rings. The SMILES string of the molecule is Nc1nc2cc(-c3cnc4ccc(N5CC(N6CCNCC6)C5)nc4c3)ccc2o1. The van der Waals surface area contributed by atoms with Crippen LogP contribution < -0.4 is 16.0 Å². The van der Waals surface area contributed by atoms with Gasteiger partial charge in [0, 0.05) is 57.1 Å². The van der Waals surface area contributed by atoms with Crippen molar-refractivity contribution in [1.29, 1.82) is 0 Å². The standard InChI is InChI=1S/C22H23N7O/c23-22-27-19-9-14(1-3-20(19)30-22)15-10-18-17(25-11-15)2-4-21(26-18)29-12-16(13-29)28-7-5-24-6-8-28/h1-4,9-11,16,24H,5-8,12-13H2,(H2,23,27). The minimum absolute atomic E-state index is 0.179. The molecular weight excluding hydrogens is 378 g/mol. The lowest BCUT2D eigenvalue weighted by Gasteiger charge is -2.47. The highest BCUT2D eigenvalue weighted by atomic mass is 16.4. The third-order valence-corrected chi connectivity index (χ3v) is 6.11. The lowest BCUT2D eigenvalue weighted by molar-refractivity contribution is 0.147. The van der Waals surface area contributed by atoms with Gasteiger partial charge in [0.1, 0.15) is 11.3 Å². The summed E-state index contributed by atoms with van der Waals surface area (Å²) in [5.74, 6) is 1.02. The highest BCUT2D eigenvalue weighted by Gasteiger charge is 2.33. The summed E-state index contributed by atoms with van der Waals surface area (Å²) in [7, 11) is 0. The Morgan fingerprint density at radius 2 is 1.77 bits per heavy atom. The third kappa shape index (κ3) is 3.05. The second-order valence-electron chi connectivity index (χ2n) is 8.01. The smallest absolute Gasteiger partial charge is 0.292 e. The Hall–Kier alpha value is -3.23. The number of anilines is 2. The van der Waals surface area contributed by atoms with Crippen molar-refractivity contribution in [1.82, 2.24) is 25.2 Å². The molecule has 8 heteroatoms. The van der Waals surface area contributed by atoms with Crippen molar-refractivity contribution in [2.75, 3.05) is 49.9 Å². The van der Waals surface area contributed by atoms with Gasteiger partial charge in [0.15, 0.2) is 5.58 Å². The summed E-state index contributed by atoms with van der Waals surface area (Å²) in [6, 6.07) is 12.9. The summed E-state index contributed by atoms with van der Waals surface area (Å²) in [6.45, 7) is 6.53. The molecule has 2 fully saturated rings. The number of benzene rings is 1. The van der Waals surface area contributed by atoms with Crippen molar-refractivity contribution in [2.45, 2.75) is 6.04 Å². The van der Waals surface area contributed by atoms with Gasteiger partial charge in [-0.05, 0) is 35.9 Å². The molecule has 0 bridgehead atoms. The summed E-state index contributed by atoms with van der Waals surface area (Å²) in [6.07, 6.45) is 1.87. The van der Waals surface area contributed by atoms with Gasteiger partial charge in [-0.25, -0.2) is 4.98 Å². The Morgan fingerprint density at radius 1 is 0.933 bits per heavy atom. The van der Waals surface area contributed by atoms with Gasteiger partial charge < -0.3 is 20.4 Å². The molecule has 8 nitrogen and oxygen atoms in total. The maximum atomic E-state index is 5.66. The van der Waals surface area contributed by atoms with Crippen LogP contribution in [0.4, 0.5) is 11.8 Å². The predicted octanol–water partition coefficient (Wildman–Crippen LogP) is 2.11. The van der Waals surface area contributed by atoms with E-state index >= 15 is 0 Å². The zero-order chi connectivity index (χ0) is 20.1. The molecule has 30 heavy (non-hydrogen) atoms. The molecule has 0 spiro atoms. The number of rotatable bonds is 3. The quantitative estimate of drug-likeness (QED) is 0.539. The van der Waals surface area contributed by atoms with Crippen LogP contribution in [0.25, 0.3) is 33.3 Å². The van der Waals surface area contributed by atoms with E-state index in [1.807, 2.05) is 24.4 Å². The first-order valence-electron chi connectivity index (χ1n) is 10.4. The molecule has 0 atom stereocenters. The van der Waals surface area contributed by atoms with Crippen molar-refractivity contribution in [2.24, 2.45) is 0 Å². The number of nitrogen functional groups attached to an aromatic ring is 1. The van der Waals surface area contributed by atoms with Gasteiger partial charge in [-0.15, -0.1) is 0 Å². The van der Waals surface area contributed by atoms with Crippen molar-refractivity contribution in [3.63, 3.8) is 0 Å². The molecule has 6 rings (SSSR count). The van der Waals surface area contributed by atoms with Crippen molar-refractivity contribution in [3.8, 4) is 11.1 Å². The van der Waals surface area contributed by atoms with Crippen LogP contribution in [0.1, 0.15) is 0 Å². The number of fused-ring (bicyclic) bond motifs is 2. The molecule has 0 radical (unpaired) electrons. The molecule has 2 saturated heterocycles. The molecule has 4 aromatic rings. The molecule has 3 N–H and O–H groups in total. The van der Waals surface area contributed by atoms with Crippen LogP contribution in [0.15, 0.2) is 47.0 Å². The highest BCUT2D eigenvalue weighted by Crippen LogP contribution is 2.28. The van der Waals surface area contributed by atoms with Gasteiger partial charge >= 0.3 is 0 Å². The molecule has 2 aliphatic heterocycles. The largest absolute Gasteiger partial charge is 0.424 e. The van der Waals surface area contributed by atoms with Crippen LogP contribution in [0.3, 0.4) is 0 Å². The lowest BCUT2D eigenvalue weighted by Crippen LogP contribution is -2.63. The van der Waals surface area contributed by atoms with E-state index < -0.39 is 0 Å². The van der Waals surface area contributed by atoms with Crippen LogP contribution >= 0.6 is 0 Å². The van der Waals surface area contributed by atoms with Crippen molar-refractivity contribution < 1.29 is 4.42 Å².